The second kappa shape index (κ2) is 11.1. The lowest BCUT2D eigenvalue weighted by Gasteiger charge is -2.72. The van der Waals surface area contributed by atoms with Gasteiger partial charge < -0.3 is 24.4 Å². The van der Waals surface area contributed by atoms with E-state index in [1.165, 1.54) is 22.5 Å². The third-order valence-electron chi connectivity index (χ3n) is 12.0. The van der Waals surface area contributed by atoms with E-state index in [4.69, 9.17) is 26.4 Å². The first-order chi connectivity index (χ1) is 23.3. The molecule has 49 heavy (non-hydrogen) atoms. The summed E-state index contributed by atoms with van der Waals surface area (Å²) in [6.07, 6.45) is -1.34. The number of aliphatic hydroxyl groups excluding tert-OH is 1. The second-order valence-corrected chi connectivity index (χ2v) is 17.5. The van der Waals surface area contributed by atoms with Crippen LogP contribution in [-0.4, -0.2) is 58.3 Å². The molecule has 2 spiro atoms. The normalized spacial score (nSPS) is 35.4. The van der Waals surface area contributed by atoms with Gasteiger partial charge >= 0.3 is 11.9 Å². The minimum Gasteiger partial charge on any atom is -0.457 e. The smallest absolute Gasteiger partial charge is 0.344 e. The minimum atomic E-state index is -2.43. The number of esters is 2. The Morgan fingerprint density at radius 2 is 1.71 bits per heavy atom. The maximum absolute atomic E-state index is 14.4. The Morgan fingerprint density at radius 3 is 2.39 bits per heavy atom. The van der Waals surface area contributed by atoms with Gasteiger partial charge in [0.1, 0.15) is 33.0 Å². The lowest BCUT2D eigenvalue weighted by molar-refractivity contribution is -0.436. The molecule has 4 saturated carbocycles. The fraction of sp³-hybridized carbons (Fsp3) is 0.432. The highest BCUT2D eigenvalue weighted by Gasteiger charge is 2.88. The predicted octanol–water partition coefficient (Wildman–Crippen LogP) is 6.19. The molecule has 4 aliphatic carbocycles. The third kappa shape index (κ3) is 4.28. The highest BCUT2D eigenvalue weighted by molar-refractivity contribution is 7.80. The Labute approximate surface area is 294 Å². The average molecular weight is 719 g/mol. The van der Waals surface area contributed by atoms with Crippen LogP contribution in [0, 0.1) is 37.8 Å². The maximum atomic E-state index is 14.4. The summed E-state index contributed by atoms with van der Waals surface area (Å²) in [4.78, 5) is 57.0. The summed E-state index contributed by atoms with van der Waals surface area (Å²) in [5, 5.41) is 24.4. The summed E-state index contributed by atoms with van der Waals surface area (Å²) < 4.78 is 18.7. The van der Waals surface area contributed by atoms with Crippen molar-refractivity contribution < 1.29 is 43.6 Å². The Balaban J connectivity index is 1.13. The number of rotatable bonds is 5. The van der Waals surface area contributed by atoms with Crippen LogP contribution >= 0.6 is 32.9 Å². The molecule has 0 unspecified atom stereocenters. The molecule has 2 aromatic carbocycles. The van der Waals surface area contributed by atoms with Crippen LogP contribution in [0.4, 0.5) is 0 Å². The monoisotopic (exact) mass is 718 g/mol. The number of carbonyl (C=O) groups excluding carboxylic acids is 4. The Bertz CT molecular complexity index is 2010. The quantitative estimate of drug-likeness (QED) is 0.103. The Hall–Kier alpha value is -3.39. The molecular formula is C37H34O9S3. The number of hydrogen-bond donors (Lipinski definition) is 2. The van der Waals surface area contributed by atoms with Crippen molar-refractivity contribution in [2.45, 2.75) is 57.5 Å². The van der Waals surface area contributed by atoms with E-state index in [9.17, 15) is 29.4 Å². The topological polar surface area (TPSA) is 136 Å². The van der Waals surface area contributed by atoms with Gasteiger partial charge in [-0.25, -0.2) is 9.59 Å². The van der Waals surface area contributed by atoms with E-state index >= 15 is 0 Å². The molecule has 6 fully saturated rings. The number of fused-ring (bicyclic) bond motifs is 2. The first-order valence-corrected chi connectivity index (χ1v) is 18.9. The van der Waals surface area contributed by atoms with Crippen LogP contribution in [0.1, 0.15) is 60.2 Å². The van der Waals surface area contributed by atoms with Gasteiger partial charge in [0.2, 0.25) is 5.79 Å². The zero-order chi connectivity index (χ0) is 34.7. The molecule has 9 nitrogen and oxygen atoms in total. The Kier molecular flexibility index (Phi) is 7.40. The zero-order valence-electron chi connectivity index (χ0n) is 26.8. The summed E-state index contributed by atoms with van der Waals surface area (Å²) >= 11 is 5.23. The molecule has 6 aliphatic rings. The van der Waals surface area contributed by atoms with Crippen molar-refractivity contribution in [1.82, 2.24) is 0 Å². The van der Waals surface area contributed by atoms with E-state index in [2.05, 4.69) is 6.58 Å². The number of benzene rings is 2. The maximum Gasteiger partial charge on any atom is 0.344 e. The van der Waals surface area contributed by atoms with Crippen LogP contribution in [0.3, 0.4) is 0 Å². The summed E-state index contributed by atoms with van der Waals surface area (Å²) in [5.41, 5.74) is -2.81. The number of carbonyl (C=O) groups is 4. The highest BCUT2D eigenvalue weighted by Crippen LogP contribution is 2.76. The summed E-state index contributed by atoms with van der Waals surface area (Å²) in [7, 11) is 3.06. The van der Waals surface area contributed by atoms with Crippen LogP contribution in [0.2, 0.25) is 0 Å². The van der Waals surface area contributed by atoms with Gasteiger partial charge in [0.25, 0.3) is 0 Å². The number of ether oxygens (including phenoxy) is 3. The Morgan fingerprint density at radius 1 is 1.02 bits per heavy atom. The van der Waals surface area contributed by atoms with E-state index in [1.54, 1.807) is 34.6 Å². The van der Waals surface area contributed by atoms with Crippen LogP contribution in [0.25, 0.3) is 10.4 Å². The largest absolute Gasteiger partial charge is 0.457 e. The molecule has 2 saturated heterocycles. The SMILES string of the molecule is C=C1C(=O)[C@]23[C@H](OC(=O)c4ccccc4C(=O)Oc4ccc(-c5cc(=S)ss5)cc4)[C@H]1CC[C@H]2[C@@]12CO[C@]3(O)[C@@H](O)[C@@H]1C(C)(C)CCC2=O. The van der Waals surface area contributed by atoms with E-state index in [-0.39, 0.29) is 41.3 Å². The zero-order valence-corrected chi connectivity index (χ0v) is 29.3. The number of aliphatic hydroxyl groups is 2. The predicted molar refractivity (Wildman–Crippen MR) is 183 cm³/mol. The molecular weight excluding hydrogens is 685 g/mol. The molecule has 1 aromatic heterocycles. The number of Topliss-reactive ketones (excluding diaryl/α,β-unsaturated/α-hetero) is 2. The van der Waals surface area contributed by atoms with Crippen molar-refractivity contribution in [3.8, 4) is 16.2 Å². The van der Waals surface area contributed by atoms with Crippen LogP contribution in [0.5, 0.6) is 5.75 Å². The third-order valence-corrected chi connectivity index (χ3v) is 14.9. The van der Waals surface area contributed by atoms with Gasteiger partial charge in [0.15, 0.2) is 5.78 Å². The molecule has 3 heterocycles. The molecule has 0 radical (unpaired) electrons. The van der Waals surface area contributed by atoms with Gasteiger partial charge in [-0.3, -0.25) is 9.59 Å². The lowest BCUT2D eigenvalue weighted by atomic mass is 9.36. The van der Waals surface area contributed by atoms with Gasteiger partial charge in [-0.15, -0.1) is 0 Å². The van der Waals surface area contributed by atoms with Crippen LogP contribution in [-0.2, 0) is 19.1 Å². The summed E-state index contributed by atoms with van der Waals surface area (Å²) in [6, 6.07) is 14.9. The fourth-order valence-electron chi connectivity index (χ4n) is 10.0. The lowest BCUT2D eigenvalue weighted by Crippen LogP contribution is -2.85. The molecule has 8 atom stereocenters. The molecule has 12 heteroatoms. The molecule has 0 amide bonds. The van der Waals surface area contributed by atoms with E-state index in [0.717, 1.165) is 14.3 Å². The molecule has 4 bridgehead atoms. The van der Waals surface area contributed by atoms with Crippen molar-refractivity contribution in [3.05, 3.63) is 81.7 Å². The van der Waals surface area contributed by atoms with Crippen molar-refractivity contribution in [2.75, 3.05) is 6.61 Å². The van der Waals surface area contributed by atoms with E-state index < -0.39 is 69.7 Å². The van der Waals surface area contributed by atoms with Crippen molar-refractivity contribution >= 4 is 56.4 Å². The molecule has 254 valence electrons. The van der Waals surface area contributed by atoms with Gasteiger partial charge in [-0.1, -0.05) is 65.5 Å². The molecule has 2 aliphatic heterocycles. The minimum absolute atomic E-state index is 0.0576. The standard InChI is InChI=1S/C37H34O9S3/c1-18-21-12-13-25-35-17-44-37(43,30(40)28(35)34(2,3)15-14-26(35)38)36(25,29(18)39)31(21)46-33(42)23-7-5-4-6-22(23)32(41)45-20-10-8-19(9-11-20)24-16-27(47)49-48-24/h4-11,16,21,25,28,30-31,40,43H,1,12-15,17H2,2-3H3/t21-,25-,28+,30-,31+,35+,36-,37+/m0/s1. The average Bonchev–Trinajstić information content (AvgIpc) is 3.56. The first kappa shape index (κ1) is 32.8. The van der Waals surface area contributed by atoms with Gasteiger partial charge in [0.05, 0.1) is 23.1 Å². The van der Waals surface area contributed by atoms with Crippen molar-refractivity contribution in [1.29, 1.82) is 0 Å². The van der Waals surface area contributed by atoms with Gasteiger partial charge in [-0.05, 0) is 84.2 Å². The van der Waals surface area contributed by atoms with Crippen molar-refractivity contribution in [2.24, 2.45) is 34.0 Å². The first-order valence-electron chi connectivity index (χ1n) is 16.3. The van der Waals surface area contributed by atoms with E-state index in [0.29, 0.717) is 19.3 Å². The molecule has 2 N–H and O–H groups in total. The molecule has 3 aromatic rings. The van der Waals surface area contributed by atoms with Crippen LogP contribution in [0.15, 0.2) is 66.7 Å². The number of ketones is 2. The summed E-state index contributed by atoms with van der Waals surface area (Å²) in [5.74, 6) is -6.63. The summed E-state index contributed by atoms with van der Waals surface area (Å²) in [6.45, 7) is 7.85. The highest BCUT2D eigenvalue weighted by atomic mass is 32.9. The van der Waals surface area contributed by atoms with Crippen molar-refractivity contribution in [3.63, 3.8) is 0 Å². The number of hydrogen-bond acceptors (Lipinski definition) is 12. The second-order valence-electron chi connectivity index (χ2n) is 14.6. The van der Waals surface area contributed by atoms with E-state index in [1.807, 2.05) is 32.0 Å². The fourth-order valence-corrected chi connectivity index (χ4v) is 12.4. The molecule has 9 rings (SSSR count). The van der Waals surface area contributed by atoms with Gasteiger partial charge in [0, 0.05) is 23.1 Å². The van der Waals surface area contributed by atoms with Gasteiger partial charge in [-0.2, -0.15) is 0 Å². The van der Waals surface area contributed by atoms with Crippen LogP contribution < -0.4 is 4.74 Å².